The van der Waals surface area contributed by atoms with E-state index in [1.54, 1.807) is 48.5 Å². The van der Waals surface area contributed by atoms with Crippen molar-refractivity contribution in [2.24, 2.45) is 5.92 Å². The SMILES string of the molecule is CCCCCCCOc1ccc(C(=O)Oc2ccc(CC(NC(=O)c3ccc(NC(=O)C4CCC4)cc3)C(=O)O)cc2OC)cc1. The Balaban J connectivity index is 1.31. The van der Waals surface area contributed by atoms with Gasteiger partial charge >= 0.3 is 11.9 Å². The van der Waals surface area contributed by atoms with Crippen molar-refractivity contribution in [2.75, 3.05) is 19.0 Å². The maximum absolute atomic E-state index is 12.8. The van der Waals surface area contributed by atoms with Crippen molar-refractivity contribution in [2.45, 2.75) is 70.8 Å². The third-order valence-corrected chi connectivity index (χ3v) is 7.97. The van der Waals surface area contributed by atoms with Crippen molar-refractivity contribution in [3.8, 4) is 17.2 Å². The lowest BCUT2D eigenvalue weighted by atomic mass is 9.85. The van der Waals surface area contributed by atoms with Crippen LogP contribution in [0.4, 0.5) is 5.69 Å². The first-order valence-electron chi connectivity index (χ1n) is 15.8. The van der Waals surface area contributed by atoms with Crippen LogP contribution in [0.1, 0.15) is 84.6 Å². The molecular formula is C36H42N2O8. The molecular weight excluding hydrogens is 588 g/mol. The molecule has 2 amide bonds. The Hall–Kier alpha value is -4.86. The van der Waals surface area contributed by atoms with E-state index < -0.39 is 23.9 Å². The molecule has 3 N–H and O–H groups in total. The van der Waals surface area contributed by atoms with Gasteiger partial charge < -0.3 is 30.0 Å². The quantitative estimate of drug-likeness (QED) is 0.0881. The minimum absolute atomic E-state index is 0.0337. The number of aliphatic carboxylic acids is 1. The van der Waals surface area contributed by atoms with Crippen LogP contribution in [0.2, 0.25) is 0 Å². The van der Waals surface area contributed by atoms with Crippen LogP contribution in [-0.4, -0.2) is 48.6 Å². The van der Waals surface area contributed by atoms with E-state index in [-0.39, 0.29) is 35.3 Å². The van der Waals surface area contributed by atoms with E-state index >= 15 is 0 Å². The average molecular weight is 631 g/mol. The highest BCUT2D eigenvalue weighted by Gasteiger charge is 2.26. The fourth-order valence-electron chi connectivity index (χ4n) is 4.96. The molecule has 46 heavy (non-hydrogen) atoms. The lowest BCUT2D eigenvalue weighted by Gasteiger charge is -2.24. The monoisotopic (exact) mass is 630 g/mol. The van der Waals surface area contributed by atoms with Crippen LogP contribution >= 0.6 is 0 Å². The van der Waals surface area contributed by atoms with E-state index in [0.717, 1.165) is 32.1 Å². The van der Waals surface area contributed by atoms with E-state index in [0.29, 0.717) is 29.2 Å². The number of rotatable bonds is 17. The van der Waals surface area contributed by atoms with E-state index in [1.807, 2.05) is 0 Å². The number of carboxylic acids is 1. The summed E-state index contributed by atoms with van der Waals surface area (Å²) in [6.45, 7) is 2.80. The predicted octanol–water partition coefficient (Wildman–Crippen LogP) is 6.43. The number of amides is 2. The third kappa shape index (κ3) is 9.82. The lowest BCUT2D eigenvalue weighted by molar-refractivity contribution is -0.139. The topological polar surface area (TPSA) is 140 Å². The molecule has 1 aliphatic rings. The first-order chi connectivity index (χ1) is 22.3. The van der Waals surface area contributed by atoms with Gasteiger partial charge in [-0.2, -0.15) is 0 Å². The molecule has 3 aromatic carbocycles. The molecule has 10 nitrogen and oxygen atoms in total. The van der Waals surface area contributed by atoms with Crippen LogP contribution < -0.4 is 24.8 Å². The highest BCUT2D eigenvalue weighted by molar-refractivity contribution is 5.98. The van der Waals surface area contributed by atoms with Gasteiger partial charge in [0.25, 0.3) is 5.91 Å². The number of carbonyl (C=O) groups is 4. The number of hydrogen-bond acceptors (Lipinski definition) is 7. The Morgan fingerprint density at radius 1 is 0.870 bits per heavy atom. The van der Waals surface area contributed by atoms with Gasteiger partial charge in [-0.1, -0.05) is 45.1 Å². The second-order valence-electron chi connectivity index (χ2n) is 11.4. The number of unbranched alkanes of at least 4 members (excludes halogenated alkanes) is 4. The first kappa shape index (κ1) is 34.0. The van der Waals surface area contributed by atoms with Crippen molar-refractivity contribution in [1.82, 2.24) is 5.32 Å². The Kier molecular flexibility index (Phi) is 12.6. The summed E-state index contributed by atoms with van der Waals surface area (Å²) in [5, 5.41) is 15.2. The van der Waals surface area contributed by atoms with Crippen LogP contribution in [0.15, 0.2) is 66.7 Å². The summed E-state index contributed by atoms with van der Waals surface area (Å²) >= 11 is 0. The molecule has 1 unspecified atom stereocenters. The number of anilines is 1. The number of esters is 1. The molecule has 0 radical (unpaired) electrons. The molecule has 1 aliphatic carbocycles. The number of methoxy groups -OCH3 is 1. The van der Waals surface area contributed by atoms with E-state index in [1.165, 1.54) is 44.6 Å². The number of benzene rings is 3. The Morgan fingerprint density at radius 2 is 1.57 bits per heavy atom. The molecule has 0 spiro atoms. The predicted molar refractivity (Wildman–Crippen MR) is 174 cm³/mol. The van der Waals surface area contributed by atoms with Gasteiger partial charge in [0.2, 0.25) is 5.91 Å². The van der Waals surface area contributed by atoms with Gasteiger partial charge in [0.1, 0.15) is 11.8 Å². The van der Waals surface area contributed by atoms with Gasteiger partial charge in [0.15, 0.2) is 11.5 Å². The molecule has 0 aliphatic heterocycles. The maximum atomic E-state index is 12.8. The molecule has 0 aromatic heterocycles. The molecule has 3 aromatic rings. The molecule has 0 heterocycles. The molecule has 0 saturated heterocycles. The zero-order valence-corrected chi connectivity index (χ0v) is 26.4. The van der Waals surface area contributed by atoms with Crippen molar-refractivity contribution in [1.29, 1.82) is 0 Å². The molecule has 244 valence electrons. The second-order valence-corrected chi connectivity index (χ2v) is 11.4. The smallest absolute Gasteiger partial charge is 0.343 e. The molecule has 10 heteroatoms. The average Bonchev–Trinajstić information content (AvgIpc) is 3.02. The van der Waals surface area contributed by atoms with Gasteiger partial charge in [0, 0.05) is 23.6 Å². The van der Waals surface area contributed by atoms with Crippen molar-refractivity contribution < 1.29 is 38.5 Å². The summed E-state index contributed by atoms with van der Waals surface area (Å²) in [4.78, 5) is 49.9. The standard InChI is InChI=1S/C36H42N2O8/c1-3-4-5-6-7-21-45-29-18-14-27(15-19-29)36(43)46-31-20-11-24(23-32(31)44-2)22-30(35(41)42)38-34(40)26-12-16-28(17-13-26)37-33(39)25-9-8-10-25/h11-20,23,25,30H,3-10,21-22H2,1-2H3,(H,37,39)(H,38,40)(H,41,42). The number of nitrogens with one attached hydrogen (secondary N) is 2. The van der Waals surface area contributed by atoms with Crippen molar-refractivity contribution in [3.05, 3.63) is 83.4 Å². The highest BCUT2D eigenvalue weighted by atomic mass is 16.6. The van der Waals surface area contributed by atoms with Crippen LogP contribution in [0.5, 0.6) is 17.2 Å². The highest BCUT2D eigenvalue weighted by Crippen LogP contribution is 2.30. The summed E-state index contributed by atoms with van der Waals surface area (Å²) in [6.07, 6.45) is 8.51. The summed E-state index contributed by atoms with van der Waals surface area (Å²) < 4.78 is 16.7. The Labute approximate surface area is 269 Å². The fraction of sp³-hybridized carbons (Fsp3) is 0.389. The van der Waals surface area contributed by atoms with E-state index in [9.17, 15) is 24.3 Å². The van der Waals surface area contributed by atoms with Crippen molar-refractivity contribution >= 4 is 29.4 Å². The minimum Gasteiger partial charge on any atom is -0.494 e. The molecule has 1 atom stereocenters. The third-order valence-electron chi connectivity index (χ3n) is 7.97. The van der Waals surface area contributed by atoms with Gasteiger partial charge in [-0.3, -0.25) is 9.59 Å². The Morgan fingerprint density at radius 3 is 2.20 bits per heavy atom. The zero-order valence-electron chi connectivity index (χ0n) is 26.4. The fourth-order valence-corrected chi connectivity index (χ4v) is 4.96. The normalized spacial score (nSPS) is 13.2. The van der Waals surface area contributed by atoms with Gasteiger partial charge in [-0.05, 0) is 85.5 Å². The number of hydrogen-bond donors (Lipinski definition) is 3. The van der Waals surface area contributed by atoms with Crippen LogP contribution in [0.3, 0.4) is 0 Å². The number of carboxylic acid groups (broad SMARTS) is 1. The van der Waals surface area contributed by atoms with Gasteiger partial charge in [-0.25, -0.2) is 9.59 Å². The molecule has 4 rings (SSSR count). The molecule has 1 fully saturated rings. The first-order valence-corrected chi connectivity index (χ1v) is 15.8. The molecule has 0 bridgehead atoms. The molecule has 1 saturated carbocycles. The number of carbonyl (C=O) groups excluding carboxylic acids is 3. The second kappa shape index (κ2) is 17.0. The maximum Gasteiger partial charge on any atom is 0.343 e. The lowest BCUT2D eigenvalue weighted by Crippen LogP contribution is -2.42. The summed E-state index contributed by atoms with van der Waals surface area (Å²) in [6, 6.07) is 16.5. The van der Waals surface area contributed by atoms with Crippen molar-refractivity contribution in [3.63, 3.8) is 0 Å². The summed E-state index contributed by atoms with van der Waals surface area (Å²) in [5.74, 6) is -1.27. The van der Waals surface area contributed by atoms with Crippen LogP contribution in [-0.2, 0) is 16.0 Å². The minimum atomic E-state index is -1.24. The number of ether oxygens (including phenoxy) is 3. The largest absolute Gasteiger partial charge is 0.494 e. The van der Waals surface area contributed by atoms with Crippen LogP contribution in [0.25, 0.3) is 0 Å². The van der Waals surface area contributed by atoms with E-state index in [4.69, 9.17) is 14.2 Å². The summed E-state index contributed by atoms with van der Waals surface area (Å²) in [7, 11) is 1.42. The van der Waals surface area contributed by atoms with Gasteiger partial charge in [0.05, 0.1) is 19.3 Å². The Bertz CT molecular complexity index is 1480. The zero-order chi connectivity index (χ0) is 32.9. The van der Waals surface area contributed by atoms with Crippen LogP contribution in [0, 0.1) is 5.92 Å². The van der Waals surface area contributed by atoms with Gasteiger partial charge in [-0.15, -0.1) is 0 Å². The van der Waals surface area contributed by atoms with E-state index in [2.05, 4.69) is 17.6 Å². The summed E-state index contributed by atoms with van der Waals surface area (Å²) in [5.41, 5.74) is 1.72.